The Morgan fingerprint density at radius 1 is 1.46 bits per heavy atom. The average molecular weight is 357 g/mol. The third-order valence-corrected chi connectivity index (χ3v) is 4.02. The molecular weight excluding hydrogens is 334 g/mol. The molecule has 0 radical (unpaired) electrons. The molecule has 1 heterocycles. The van der Waals surface area contributed by atoms with E-state index in [-0.39, 0.29) is 29.4 Å². The molecule has 1 aromatic carbocycles. The van der Waals surface area contributed by atoms with E-state index < -0.39 is 11.9 Å². The number of nitrogens with two attached hydrogens (primary N) is 1. The molecule has 7 nitrogen and oxygen atoms in total. The minimum Gasteiger partial charge on any atom is -0.508 e. The van der Waals surface area contributed by atoms with Gasteiger partial charge in [0.15, 0.2) is 0 Å². The number of benzene rings is 1. The van der Waals surface area contributed by atoms with Crippen LogP contribution in [0.5, 0.6) is 5.75 Å². The van der Waals surface area contributed by atoms with Crippen molar-refractivity contribution in [3.8, 4) is 11.8 Å². The van der Waals surface area contributed by atoms with Crippen LogP contribution in [0.2, 0.25) is 0 Å². The number of allylic oxidation sites excluding steroid dienone is 2. The second-order valence-corrected chi connectivity index (χ2v) is 6.24. The number of hydrogen-bond donors (Lipinski definition) is 2. The maximum absolute atomic E-state index is 12.5. The Morgan fingerprint density at radius 3 is 2.73 bits per heavy atom. The summed E-state index contributed by atoms with van der Waals surface area (Å²) in [4.78, 5) is 14.4. The molecule has 3 N–H and O–H groups in total. The standard InChI is InChI=1S/C19H23N3O4/c1-5-25-19(24)16-11(2)26-18(21)14(9-20)17(16)12-6-7-15(23)13(8-12)10-22(3)4/h6-8,17,23H,5,10,21H2,1-4H3. The summed E-state index contributed by atoms with van der Waals surface area (Å²) in [6.45, 7) is 4.02. The number of ether oxygens (including phenoxy) is 2. The third-order valence-electron chi connectivity index (χ3n) is 4.02. The van der Waals surface area contributed by atoms with Gasteiger partial charge in [0.1, 0.15) is 23.2 Å². The number of hydrogen-bond acceptors (Lipinski definition) is 7. The molecule has 7 heteroatoms. The molecule has 0 aliphatic carbocycles. The molecule has 138 valence electrons. The topological polar surface area (TPSA) is 109 Å². The second-order valence-electron chi connectivity index (χ2n) is 6.24. The first-order valence-electron chi connectivity index (χ1n) is 8.22. The van der Waals surface area contributed by atoms with E-state index in [4.69, 9.17) is 15.2 Å². The van der Waals surface area contributed by atoms with Crippen LogP contribution in [0.15, 0.2) is 41.0 Å². The van der Waals surface area contributed by atoms with E-state index in [1.54, 1.807) is 32.0 Å². The summed E-state index contributed by atoms with van der Waals surface area (Å²) in [5.41, 5.74) is 7.59. The lowest BCUT2D eigenvalue weighted by Crippen LogP contribution is -2.25. The number of phenols is 1. The summed E-state index contributed by atoms with van der Waals surface area (Å²) in [5, 5.41) is 19.7. The van der Waals surface area contributed by atoms with Crippen molar-refractivity contribution in [3.63, 3.8) is 0 Å². The van der Waals surface area contributed by atoms with Crippen LogP contribution in [-0.4, -0.2) is 36.7 Å². The number of nitriles is 1. The Bertz CT molecular complexity index is 819. The summed E-state index contributed by atoms with van der Waals surface area (Å²) >= 11 is 0. The molecule has 26 heavy (non-hydrogen) atoms. The Morgan fingerprint density at radius 2 is 2.15 bits per heavy atom. The van der Waals surface area contributed by atoms with Gasteiger partial charge in [0.05, 0.1) is 18.1 Å². The van der Waals surface area contributed by atoms with E-state index in [1.807, 2.05) is 25.1 Å². The van der Waals surface area contributed by atoms with E-state index in [1.165, 1.54) is 0 Å². The lowest BCUT2D eigenvalue weighted by Gasteiger charge is -2.27. The van der Waals surface area contributed by atoms with Crippen LogP contribution >= 0.6 is 0 Å². The molecule has 1 unspecified atom stereocenters. The molecule has 0 bridgehead atoms. The fourth-order valence-corrected chi connectivity index (χ4v) is 2.94. The highest BCUT2D eigenvalue weighted by molar-refractivity contribution is 5.92. The number of phenolic OH excluding ortho intramolecular Hbond substituents is 1. The lowest BCUT2D eigenvalue weighted by molar-refractivity contribution is -0.139. The summed E-state index contributed by atoms with van der Waals surface area (Å²) in [6, 6.07) is 7.02. The third kappa shape index (κ3) is 3.81. The summed E-state index contributed by atoms with van der Waals surface area (Å²) < 4.78 is 10.5. The second kappa shape index (κ2) is 7.93. The number of carbonyl (C=O) groups is 1. The van der Waals surface area contributed by atoms with Crippen molar-refractivity contribution in [1.82, 2.24) is 4.90 Å². The number of nitrogens with zero attached hydrogens (tertiary/aromatic N) is 2. The molecule has 0 saturated carbocycles. The van der Waals surface area contributed by atoms with E-state index >= 15 is 0 Å². The van der Waals surface area contributed by atoms with Crippen molar-refractivity contribution in [2.45, 2.75) is 26.3 Å². The van der Waals surface area contributed by atoms with E-state index in [9.17, 15) is 15.2 Å². The van der Waals surface area contributed by atoms with E-state index in [0.717, 1.165) is 0 Å². The molecular formula is C19H23N3O4. The molecule has 0 amide bonds. The first-order chi connectivity index (χ1) is 12.3. The van der Waals surface area contributed by atoms with Gasteiger partial charge < -0.3 is 25.2 Å². The van der Waals surface area contributed by atoms with Crippen molar-refractivity contribution in [1.29, 1.82) is 5.26 Å². The number of carbonyl (C=O) groups excluding carboxylic acids is 1. The molecule has 1 aromatic rings. The molecule has 0 fully saturated rings. The molecule has 2 rings (SSSR count). The first kappa shape index (κ1) is 19.3. The zero-order chi connectivity index (χ0) is 19.4. The van der Waals surface area contributed by atoms with Crippen LogP contribution in [-0.2, 0) is 20.8 Å². The van der Waals surface area contributed by atoms with Gasteiger partial charge in [-0.2, -0.15) is 5.26 Å². The molecule has 0 aromatic heterocycles. The monoisotopic (exact) mass is 357 g/mol. The summed E-state index contributed by atoms with van der Waals surface area (Å²) in [5.74, 6) is -0.868. The highest BCUT2D eigenvalue weighted by Gasteiger charge is 2.36. The van der Waals surface area contributed by atoms with Crippen LogP contribution in [0.4, 0.5) is 0 Å². The molecule has 1 aliphatic heterocycles. The molecule has 1 atom stereocenters. The highest BCUT2D eigenvalue weighted by atomic mass is 16.5. The van der Waals surface area contributed by atoms with Crippen molar-refractivity contribution < 1.29 is 19.4 Å². The Hall–Kier alpha value is -2.98. The van der Waals surface area contributed by atoms with Gasteiger partial charge in [-0.05, 0) is 45.6 Å². The van der Waals surface area contributed by atoms with Crippen LogP contribution in [0.25, 0.3) is 0 Å². The van der Waals surface area contributed by atoms with Gasteiger partial charge in [-0.15, -0.1) is 0 Å². The minimum absolute atomic E-state index is 0.0368. The van der Waals surface area contributed by atoms with Crippen LogP contribution in [0.1, 0.15) is 30.9 Å². The zero-order valence-corrected chi connectivity index (χ0v) is 15.4. The molecule has 0 saturated heterocycles. The number of rotatable bonds is 5. The van der Waals surface area contributed by atoms with Crippen LogP contribution in [0.3, 0.4) is 0 Å². The lowest BCUT2D eigenvalue weighted by atomic mass is 9.82. The van der Waals surface area contributed by atoms with Crippen molar-refractivity contribution in [2.75, 3.05) is 20.7 Å². The summed E-state index contributed by atoms with van der Waals surface area (Å²) in [6.07, 6.45) is 0. The SMILES string of the molecule is CCOC(=O)C1=C(C)OC(N)=C(C#N)C1c1ccc(O)c(CN(C)C)c1. The van der Waals surface area contributed by atoms with Gasteiger partial charge >= 0.3 is 5.97 Å². The Labute approximate surface area is 152 Å². The smallest absolute Gasteiger partial charge is 0.338 e. The van der Waals surface area contributed by atoms with Crippen molar-refractivity contribution in [2.24, 2.45) is 5.73 Å². The fraction of sp³-hybridized carbons (Fsp3) is 0.368. The van der Waals surface area contributed by atoms with Gasteiger partial charge in [-0.3, -0.25) is 0 Å². The Kier molecular flexibility index (Phi) is 5.90. The van der Waals surface area contributed by atoms with Crippen LogP contribution < -0.4 is 5.73 Å². The van der Waals surface area contributed by atoms with Gasteiger partial charge in [0.2, 0.25) is 5.88 Å². The quantitative estimate of drug-likeness (QED) is 0.777. The normalized spacial score (nSPS) is 17.2. The number of esters is 1. The predicted molar refractivity (Wildman–Crippen MR) is 95.5 cm³/mol. The van der Waals surface area contributed by atoms with E-state index in [0.29, 0.717) is 23.4 Å². The predicted octanol–water partition coefficient (Wildman–Crippen LogP) is 2.10. The Balaban J connectivity index is 2.62. The van der Waals surface area contributed by atoms with Gasteiger partial charge in [0.25, 0.3) is 0 Å². The zero-order valence-electron chi connectivity index (χ0n) is 15.4. The first-order valence-corrected chi connectivity index (χ1v) is 8.22. The average Bonchev–Trinajstić information content (AvgIpc) is 2.56. The van der Waals surface area contributed by atoms with Crippen molar-refractivity contribution in [3.05, 3.63) is 52.1 Å². The molecule has 1 aliphatic rings. The minimum atomic E-state index is -0.714. The van der Waals surface area contributed by atoms with Gasteiger partial charge in [0, 0.05) is 12.1 Å². The highest BCUT2D eigenvalue weighted by Crippen LogP contribution is 2.40. The van der Waals surface area contributed by atoms with Gasteiger partial charge in [-0.1, -0.05) is 6.07 Å². The largest absolute Gasteiger partial charge is 0.508 e. The van der Waals surface area contributed by atoms with Crippen molar-refractivity contribution >= 4 is 5.97 Å². The number of aromatic hydroxyl groups is 1. The maximum atomic E-state index is 12.5. The molecule has 0 spiro atoms. The van der Waals surface area contributed by atoms with Crippen LogP contribution in [0, 0.1) is 11.3 Å². The summed E-state index contributed by atoms with van der Waals surface area (Å²) in [7, 11) is 3.76. The van der Waals surface area contributed by atoms with E-state index in [2.05, 4.69) is 0 Å². The maximum Gasteiger partial charge on any atom is 0.338 e. The van der Waals surface area contributed by atoms with Gasteiger partial charge in [-0.25, -0.2) is 4.79 Å². The fourth-order valence-electron chi connectivity index (χ4n) is 2.94.